The van der Waals surface area contributed by atoms with Gasteiger partial charge in [0.05, 0.1) is 10.4 Å². The van der Waals surface area contributed by atoms with Crippen LogP contribution in [0.5, 0.6) is 0 Å². The molecule has 22 heavy (non-hydrogen) atoms. The standard InChI is InChI=1S/C12H33NO6Si3/c1-14-21(15-2,16-3)11-7-9-13(20)10-8-12-22(17-4,18-5)19-6/h7-12H2,1-6,20H3. The lowest BCUT2D eigenvalue weighted by atomic mass is 10.4. The molecule has 0 heterocycles. The number of rotatable bonds is 14. The molecule has 0 aliphatic carbocycles. The van der Waals surface area contributed by atoms with Crippen LogP contribution in [-0.4, -0.2) is 88.3 Å². The van der Waals surface area contributed by atoms with Crippen LogP contribution in [-0.2, 0) is 26.6 Å². The summed E-state index contributed by atoms with van der Waals surface area (Å²) >= 11 is 0. The van der Waals surface area contributed by atoms with Crippen molar-refractivity contribution in [3.63, 3.8) is 0 Å². The molecule has 0 aromatic carbocycles. The normalized spacial score (nSPS) is 13.2. The molecule has 0 amide bonds. The fraction of sp³-hybridized carbons (Fsp3) is 1.00. The van der Waals surface area contributed by atoms with Crippen LogP contribution >= 0.6 is 0 Å². The molecule has 0 fully saturated rings. The molecule has 0 saturated heterocycles. The maximum Gasteiger partial charge on any atom is 0.500 e. The van der Waals surface area contributed by atoms with Crippen molar-refractivity contribution in [2.45, 2.75) is 24.9 Å². The molecule has 0 aromatic heterocycles. The number of nitrogens with zero attached hydrogens (tertiary/aromatic N) is 1. The van der Waals surface area contributed by atoms with Crippen molar-refractivity contribution in [3.8, 4) is 0 Å². The Kier molecular flexibility index (Phi) is 12.0. The Morgan fingerprint density at radius 1 is 0.636 bits per heavy atom. The summed E-state index contributed by atoms with van der Waals surface area (Å²) in [5.41, 5.74) is 0. The molecule has 0 aromatic rings. The van der Waals surface area contributed by atoms with Crippen LogP contribution in [0.4, 0.5) is 0 Å². The molecule has 0 rings (SSSR count). The summed E-state index contributed by atoms with van der Waals surface area (Å²) in [6.07, 6.45) is 2.01. The minimum atomic E-state index is -2.43. The van der Waals surface area contributed by atoms with Crippen molar-refractivity contribution in [3.05, 3.63) is 0 Å². The molecule has 0 spiro atoms. The van der Waals surface area contributed by atoms with Gasteiger partial charge in [0.15, 0.2) is 0 Å². The number of hydrogen-bond donors (Lipinski definition) is 0. The maximum atomic E-state index is 5.43. The second-order valence-corrected chi connectivity index (χ2v) is 12.5. The molecule has 0 aliphatic rings. The van der Waals surface area contributed by atoms with Gasteiger partial charge in [-0.05, 0) is 25.9 Å². The molecular formula is C12H33NO6Si3. The predicted octanol–water partition coefficient (Wildman–Crippen LogP) is 0.105. The first-order chi connectivity index (χ1) is 10.5. The van der Waals surface area contributed by atoms with Crippen LogP contribution in [0.3, 0.4) is 0 Å². The molecule has 0 N–H and O–H groups in total. The molecule has 10 heteroatoms. The van der Waals surface area contributed by atoms with Crippen molar-refractivity contribution in [2.75, 3.05) is 55.7 Å². The zero-order valence-corrected chi connectivity index (χ0v) is 19.1. The van der Waals surface area contributed by atoms with Gasteiger partial charge in [0, 0.05) is 54.7 Å². The Labute approximate surface area is 140 Å². The summed E-state index contributed by atoms with van der Waals surface area (Å²) in [5, 5.41) is 0. The molecule has 0 radical (unpaired) electrons. The highest BCUT2D eigenvalue weighted by atomic mass is 28.4. The van der Waals surface area contributed by atoms with Crippen molar-refractivity contribution in [2.24, 2.45) is 0 Å². The van der Waals surface area contributed by atoms with E-state index in [-0.39, 0.29) is 0 Å². The van der Waals surface area contributed by atoms with Crippen LogP contribution in [0.25, 0.3) is 0 Å². The lowest BCUT2D eigenvalue weighted by Crippen LogP contribution is -2.44. The molecule has 0 atom stereocenters. The first-order valence-electron chi connectivity index (χ1n) is 7.46. The van der Waals surface area contributed by atoms with Gasteiger partial charge in [-0.1, -0.05) is 0 Å². The van der Waals surface area contributed by atoms with Crippen LogP contribution in [0.15, 0.2) is 0 Å². The predicted molar refractivity (Wildman–Crippen MR) is 93.9 cm³/mol. The van der Waals surface area contributed by atoms with E-state index in [4.69, 9.17) is 26.6 Å². The quantitative estimate of drug-likeness (QED) is 0.402. The van der Waals surface area contributed by atoms with Gasteiger partial charge in [-0.15, -0.1) is 0 Å². The van der Waals surface area contributed by atoms with Gasteiger partial charge in [-0.3, -0.25) is 0 Å². The fourth-order valence-electron chi connectivity index (χ4n) is 2.36. The van der Waals surface area contributed by atoms with E-state index in [1.54, 1.807) is 42.7 Å². The molecular weight excluding hydrogens is 338 g/mol. The van der Waals surface area contributed by atoms with Gasteiger partial charge in [-0.2, -0.15) is 0 Å². The van der Waals surface area contributed by atoms with Crippen molar-refractivity contribution < 1.29 is 26.6 Å². The summed E-state index contributed by atoms with van der Waals surface area (Å²) in [7, 11) is 6.09. The van der Waals surface area contributed by atoms with Gasteiger partial charge >= 0.3 is 17.6 Å². The monoisotopic (exact) mass is 371 g/mol. The number of hydrogen-bond acceptors (Lipinski definition) is 7. The van der Waals surface area contributed by atoms with Gasteiger partial charge in [0.25, 0.3) is 0 Å². The van der Waals surface area contributed by atoms with E-state index in [0.717, 1.165) is 48.4 Å². The summed E-state index contributed by atoms with van der Waals surface area (Å²) < 4.78 is 35.0. The molecule has 0 bridgehead atoms. The second kappa shape index (κ2) is 11.8. The zero-order valence-electron chi connectivity index (χ0n) is 15.1. The minimum absolute atomic E-state index is 0.835. The smallest absolute Gasteiger partial charge is 0.377 e. The average Bonchev–Trinajstić information content (AvgIpc) is 2.56. The maximum absolute atomic E-state index is 5.43. The third kappa shape index (κ3) is 7.29. The van der Waals surface area contributed by atoms with Gasteiger partial charge < -0.3 is 31.1 Å². The van der Waals surface area contributed by atoms with Gasteiger partial charge in [0.2, 0.25) is 0 Å². The van der Waals surface area contributed by atoms with E-state index in [0.29, 0.717) is 0 Å². The third-order valence-corrected chi connectivity index (χ3v) is 10.5. The van der Waals surface area contributed by atoms with Crippen LogP contribution in [0.1, 0.15) is 12.8 Å². The third-order valence-electron chi connectivity index (χ3n) is 3.91. The van der Waals surface area contributed by atoms with Gasteiger partial charge in [0.1, 0.15) is 0 Å². The van der Waals surface area contributed by atoms with Crippen molar-refractivity contribution in [1.29, 1.82) is 0 Å². The van der Waals surface area contributed by atoms with Crippen LogP contribution in [0.2, 0.25) is 12.1 Å². The minimum Gasteiger partial charge on any atom is -0.377 e. The Balaban J connectivity index is 4.03. The molecule has 134 valence electrons. The zero-order chi connectivity index (χ0) is 17.1. The topological polar surface area (TPSA) is 58.6 Å². The van der Waals surface area contributed by atoms with Crippen LogP contribution in [0, 0.1) is 0 Å². The van der Waals surface area contributed by atoms with E-state index < -0.39 is 17.6 Å². The molecule has 0 saturated carbocycles. The lowest BCUT2D eigenvalue weighted by Gasteiger charge is -2.27. The fourth-order valence-corrected chi connectivity index (χ4v) is 6.39. The Bertz CT molecular complexity index is 237. The van der Waals surface area contributed by atoms with Gasteiger partial charge in [-0.25, -0.2) is 0 Å². The average molecular weight is 372 g/mol. The first-order valence-corrected chi connectivity index (χ1v) is 12.2. The van der Waals surface area contributed by atoms with E-state index in [9.17, 15) is 0 Å². The largest absolute Gasteiger partial charge is 0.500 e. The highest BCUT2D eigenvalue weighted by Crippen LogP contribution is 2.17. The summed E-state index contributed by atoms with van der Waals surface area (Å²) in [4.78, 5) is 0. The summed E-state index contributed by atoms with van der Waals surface area (Å²) in [5.74, 6) is 0. The van der Waals surface area contributed by atoms with E-state index >= 15 is 0 Å². The Morgan fingerprint density at radius 2 is 0.909 bits per heavy atom. The Hall–Kier alpha value is 0.371. The van der Waals surface area contributed by atoms with Crippen LogP contribution < -0.4 is 0 Å². The van der Waals surface area contributed by atoms with Crippen molar-refractivity contribution >= 4 is 28.0 Å². The van der Waals surface area contributed by atoms with E-state index in [1.807, 2.05) is 0 Å². The summed E-state index contributed by atoms with van der Waals surface area (Å²) in [6.45, 7) is 2.05. The first kappa shape index (κ1) is 22.4. The van der Waals surface area contributed by atoms with E-state index in [2.05, 4.69) is 4.57 Å². The molecule has 7 nitrogen and oxygen atoms in total. The molecule has 0 aliphatic heterocycles. The lowest BCUT2D eigenvalue weighted by molar-refractivity contribution is 0.121. The SMILES string of the molecule is CO[Si](CCCN([SiH3])CCC[Si](OC)(OC)OC)(OC)OC. The van der Waals surface area contributed by atoms with E-state index in [1.165, 1.54) is 0 Å². The highest BCUT2D eigenvalue weighted by Gasteiger charge is 2.38. The summed E-state index contributed by atoms with van der Waals surface area (Å²) in [6, 6.07) is 1.67. The second-order valence-electron chi connectivity index (χ2n) is 5.10. The highest BCUT2D eigenvalue weighted by molar-refractivity contribution is 6.60. The molecule has 0 unspecified atom stereocenters. The van der Waals surface area contributed by atoms with Crippen molar-refractivity contribution in [1.82, 2.24) is 4.57 Å². The Morgan fingerprint density at radius 3 is 1.14 bits per heavy atom.